The molecular formula is C62H41N. The summed E-state index contributed by atoms with van der Waals surface area (Å²) in [7, 11) is 0. The molecule has 0 aliphatic carbocycles. The first-order valence-corrected chi connectivity index (χ1v) is 21.8. The highest BCUT2D eigenvalue weighted by Gasteiger charge is 2.20. The van der Waals surface area contributed by atoms with Crippen LogP contribution in [0.1, 0.15) is 0 Å². The lowest BCUT2D eigenvalue weighted by Gasteiger charge is -2.28. The van der Waals surface area contributed by atoms with Gasteiger partial charge in [-0.2, -0.15) is 0 Å². The molecule has 12 aromatic rings. The lowest BCUT2D eigenvalue weighted by atomic mass is 9.89. The van der Waals surface area contributed by atoms with Crippen molar-refractivity contribution in [3.05, 3.63) is 249 Å². The Morgan fingerprint density at radius 2 is 0.651 bits per heavy atom. The minimum atomic E-state index is 1.10. The summed E-state index contributed by atoms with van der Waals surface area (Å²) in [5.41, 5.74) is 13.0. The predicted octanol–water partition coefficient (Wildman–Crippen LogP) is 17.6. The summed E-state index contributed by atoms with van der Waals surface area (Å²) in [6.45, 7) is 0. The van der Waals surface area contributed by atoms with Gasteiger partial charge in [-0.3, -0.25) is 0 Å². The Balaban J connectivity index is 1.00. The Hall–Kier alpha value is -8.26. The van der Waals surface area contributed by atoms with Gasteiger partial charge in [0.25, 0.3) is 0 Å². The molecule has 0 aliphatic heterocycles. The highest BCUT2D eigenvalue weighted by atomic mass is 15.1. The van der Waals surface area contributed by atoms with Gasteiger partial charge in [0, 0.05) is 16.8 Å². The lowest BCUT2D eigenvalue weighted by Crippen LogP contribution is -2.10. The topological polar surface area (TPSA) is 3.24 Å². The zero-order valence-electron chi connectivity index (χ0n) is 34.6. The fourth-order valence-corrected chi connectivity index (χ4v) is 9.89. The summed E-state index contributed by atoms with van der Waals surface area (Å²) in [4.78, 5) is 2.44. The molecule has 0 saturated carbocycles. The second-order valence-corrected chi connectivity index (χ2v) is 16.4. The molecule has 1 nitrogen and oxygen atoms in total. The van der Waals surface area contributed by atoms with Crippen molar-refractivity contribution < 1.29 is 0 Å². The first kappa shape index (κ1) is 36.6. The van der Waals surface area contributed by atoms with Crippen molar-refractivity contribution in [3.8, 4) is 44.5 Å². The number of anilines is 3. The van der Waals surface area contributed by atoms with E-state index in [9.17, 15) is 0 Å². The van der Waals surface area contributed by atoms with Gasteiger partial charge in [0.1, 0.15) is 0 Å². The molecule has 12 aromatic carbocycles. The molecular weight excluding hydrogens is 759 g/mol. The van der Waals surface area contributed by atoms with Crippen LogP contribution < -0.4 is 4.90 Å². The molecule has 0 bridgehead atoms. The molecule has 0 atom stereocenters. The molecule has 0 amide bonds. The summed E-state index contributed by atoms with van der Waals surface area (Å²) < 4.78 is 0. The maximum atomic E-state index is 2.44. The number of benzene rings is 12. The number of hydrogen-bond acceptors (Lipinski definition) is 1. The average molecular weight is 800 g/mol. The molecule has 0 spiro atoms. The van der Waals surface area contributed by atoms with Crippen LogP contribution in [0.5, 0.6) is 0 Å². The summed E-state index contributed by atoms with van der Waals surface area (Å²) in [5, 5.41) is 12.5. The Morgan fingerprint density at radius 3 is 1.30 bits per heavy atom. The van der Waals surface area contributed by atoms with E-state index in [0.29, 0.717) is 0 Å². The smallest absolute Gasteiger partial charge is 0.0546 e. The largest absolute Gasteiger partial charge is 0.310 e. The fourth-order valence-electron chi connectivity index (χ4n) is 9.89. The first-order chi connectivity index (χ1) is 31.3. The quantitative estimate of drug-likeness (QED) is 0.145. The SMILES string of the molecule is c1ccc(-c2c(-c3ccc(N(c4ccc(-c5ccc(-c6cccc7ccccc67)cc5)cc4)c4cccc5c6ccccc6c6ccccc6c45)cc3)ccc3ccccc23)cc1. The van der Waals surface area contributed by atoms with Crippen LogP contribution in [0, 0.1) is 0 Å². The van der Waals surface area contributed by atoms with E-state index in [1.54, 1.807) is 0 Å². The first-order valence-electron chi connectivity index (χ1n) is 21.8. The third kappa shape index (κ3) is 6.33. The van der Waals surface area contributed by atoms with Crippen LogP contribution in [-0.2, 0) is 0 Å². The van der Waals surface area contributed by atoms with E-state index in [0.717, 1.165) is 17.1 Å². The van der Waals surface area contributed by atoms with E-state index in [1.807, 2.05) is 0 Å². The van der Waals surface area contributed by atoms with Gasteiger partial charge in [-0.05, 0) is 123 Å². The number of nitrogens with zero attached hydrogens (tertiary/aromatic N) is 1. The normalized spacial score (nSPS) is 11.5. The molecule has 0 radical (unpaired) electrons. The highest BCUT2D eigenvalue weighted by Crippen LogP contribution is 2.46. The van der Waals surface area contributed by atoms with Gasteiger partial charge in [-0.15, -0.1) is 0 Å². The Kier molecular flexibility index (Phi) is 8.90. The van der Waals surface area contributed by atoms with Crippen molar-refractivity contribution in [3.63, 3.8) is 0 Å². The molecule has 0 heterocycles. The van der Waals surface area contributed by atoms with Gasteiger partial charge in [-0.25, -0.2) is 0 Å². The van der Waals surface area contributed by atoms with Crippen LogP contribution in [0.15, 0.2) is 249 Å². The number of rotatable bonds is 7. The van der Waals surface area contributed by atoms with Gasteiger partial charge in [0.2, 0.25) is 0 Å². The lowest BCUT2D eigenvalue weighted by molar-refractivity contribution is 1.30. The molecule has 0 fully saturated rings. The minimum absolute atomic E-state index is 1.10. The van der Waals surface area contributed by atoms with Gasteiger partial charge < -0.3 is 4.90 Å². The third-order valence-corrected chi connectivity index (χ3v) is 12.9. The molecule has 294 valence electrons. The van der Waals surface area contributed by atoms with E-state index in [4.69, 9.17) is 0 Å². The van der Waals surface area contributed by atoms with Crippen LogP contribution in [0.4, 0.5) is 17.1 Å². The molecule has 0 aliphatic rings. The summed E-state index contributed by atoms with van der Waals surface area (Å²) in [5.74, 6) is 0. The zero-order valence-corrected chi connectivity index (χ0v) is 34.6. The van der Waals surface area contributed by atoms with Gasteiger partial charge >= 0.3 is 0 Å². The maximum Gasteiger partial charge on any atom is 0.0546 e. The van der Waals surface area contributed by atoms with Crippen LogP contribution in [0.2, 0.25) is 0 Å². The Morgan fingerprint density at radius 1 is 0.222 bits per heavy atom. The van der Waals surface area contributed by atoms with Crippen LogP contribution >= 0.6 is 0 Å². The highest BCUT2D eigenvalue weighted by molar-refractivity contribution is 6.28. The average Bonchev–Trinajstić information content (AvgIpc) is 3.37. The Bertz CT molecular complexity index is 3590. The maximum absolute atomic E-state index is 2.44. The number of hydrogen-bond donors (Lipinski definition) is 0. The van der Waals surface area contributed by atoms with E-state index in [1.165, 1.54) is 98.4 Å². The van der Waals surface area contributed by atoms with Crippen molar-refractivity contribution in [1.82, 2.24) is 0 Å². The summed E-state index contributed by atoms with van der Waals surface area (Å²) in [6.07, 6.45) is 0. The van der Waals surface area contributed by atoms with Crippen molar-refractivity contribution in [2.75, 3.05) is 4.90 Å². The van der Waals surface area contributed by atoms with E-state index < -0.39 is 0 Å². The Labute approximate surface area is 367 Å². The minimum Gasteiger partial charge on any atom is -0.310 e. The fraction of sp³-hybridized carbons (Fsp3) is 0. The second kappa shape index (κ2) is 15.3. The number of fused-ring (bicyclic) bond motifs is 8. The standard InChI is InChI=1S/C62H41N/c1-2-16-48(17-3-1)61-53-20-7-5-15-45(53)36-41-54(61)47-34-39-50(40-35-47)63(60-27-13-26-59-57-22-9-8-21-55(57)56-23-10-11-24-58(56)62(59)60)49-37-32-43(33-38-49)42-28-30-46(31-29-42)52-25-12-18-44-14-4-6-19-51(44)52/h1-41H. The van der Waals surface area contributed by atoms with E-state index in [-0.39, 0.29) is 0 Å². The van der Waals surface area contributed by atoms with E-state index >= 15 is 0 Å². The van der Waals surface area contributed by atoms with Gasteiger partial charge in [0.05, 0.1) is 5.69 Å². The zero-order chi connectivity index (χ0) is 41.7. The van der Waals surface area contributed by atoms with Crippen molar-refractivity contribution in [2.24, 2.45) is 0 Å². The van der Waals surface area contributed by atoms with Crippen molar-refractivity contribution in [1.29, 1.82) is 0 Å². The summed E-state index contributed by atoms with van der Waals surface area (Å²) in [6, 6.07) is 91.0. The van der Waals surface area contributed by atoms with Gasteiger partial charge in [0.15, 0.2) is 0 Å². The molecule has 1 heteroatoms. The van der Waals surface area contributed by atoms with Crippen LogP contribution in [-0.4, -0.2) is 0 Å². The molecule has 0 saturated heterocycles. The predicted molar refractivity (Wildman–Crippen MR) is 270 cm³/mol. The second-order valence-electron chi connectivity index (χ2n) is 16.4. The molecule has 12 rings (SSSR count). The van der Waals surface area contributed by atoms with Crippen LogP contribution in [0.25, 0.3) is 98.4 Å². The van der Waals surface area contributed by atoms with Crippen molar-refractivity contribution >= 4 is 70.9 Å². The summed E-state index contributed by atoms with van der Waals surface area (Å²) >= 11 is 0. The molecule has 0 unspecified atom stereocenters. The molecule has 0 N–H and O–H groups in total. The monoisotopic (exact) mass is 799 g/mol. The van der Waals surface area contributed by atoms with E-state index in [2.05, 4.69) is 254 Å². The molecule has 63 heavy (non-hydrogen) atoms. The van der Waals surface area contributed by atoms with Crippen LogP contribution in [0.3, 0.4) is 0 Å². The molecule has 0 aromatic heterocycles. The van der Waals surface area contributed by atoms with Crippen molar-refractivity contribution in [2.45, 2.75) is 0 Å². The van der Waals surface area contributed by atoms with Gasteiger partial charge in [-0.1, -0.05) is 218 Å². The third-order valence-electron chi connectivity index (χ3n) is 12.9.